The van der Waals surface area contributed by atoms with E-state index in [-0.39, 0.29) is 5.17 Å². The fourth-order valence-electron chi connectivity index (χ4n) is 0.986. The topological polar surface area (TPSA) is 54.0 Å². The molecule has 0 aromatic rings. The molecule has 5 nitrogen and oxygen atoms in total. The molecule has 0 radical (unpaired) electrons. The number of morpholine rings is 1. The minimum Gasteiger partial charge on any atom is -0.441 e. The fraction of sp³-hybridized carbons (Fsp3) is 0.857. The number of hydrogen-bond acceptors (Lipinski definition) is 5. The summed E-state index contributed by atoms with van der Waals surface area (Å²) in [4.78, 5) is 0. The smallest absolute Gasteiger partial charge is 0.273 e. The van der Waals surface area contributed by atoms with Crippen molar-refractivity contribution in [1.29, 1.82) is 0 Å². The van der Waals surface area contributed by atoms with Gasteiger partial charge in [-0.05, 0) is 19.1 Å². The number of hydrogen-bond donors (Lipinski definition) is 2. The summed E-state index contributed by atoms with van der Waals surface area (Å²) >= 11 is 4.84. The molecular formula is C7H14N2O3S. The molecular weight excluding hydrogens is 192 g/mol. The average molecular weight is 206 g/mol. The lowest BCUT2D eigenvalue weighted by atomic mass is 10.5. The van der Waals surface area contributed by atoms with Gasteiger partial charge >= 0.3 is 0 Å². The zero-order chi connectivity index (χ0) is 9.68. The first kappa shape index (κ1) is 10.6. The highest BCUT2D eigenvalue weighted by Crippen LogP contribution is 1.94. The van der Waals surface area contributed by atoms with Gasteiger partial charge in [-0.3, -0.25) is 5.43 Å². The van der Waals surface area contributed by atoms with Crippen LogP contribution in [-0.4, -0.2) is 47.9 Å². The molecule has 6 heteroatoms. The van der Waals surface area contributed by atoms with Crippen molar-refractivity contribution < 1.29 is 14.6 Å². The summed E-state index contributed by atoms with van der Waals surface area (Å²) in [5, 5.41) is 10.9. The van der Waals surface area contributed by atoms with Gasteiger partial charge in [-0.15, -0.1) is 0 Å². The molecule has 0 aliphatic carbocycles. The van der Waals surface area contributed by atoms with Crippen LogP contribution in [0.3, 0.4) is 0 Å². The third kappa shape index (κ3) is 4.37. The summed E-state index contributed by atoms with van der Waals surface area (Å²) < 4.78 is 9.99. The van der Waals surface area contributed by atoms with Gasteiger partial charge in [0.05, 0.1) is 13.2 Å². The summed E-state index contributed by atoms with van der Waals surface area (Å²) in [6.07, 6.45) is -0.874. The van der Waals surface area contributed by atoms with Crippen LogP contribution in [0.2, 0.25) is 0 Å². The van der Waals surface area contributed by atoms with Crippen molar-refractivity contribution in [3.63, 3.8) is 0 Å². The highest BCUT2D eigenvalue weighted by atomic mass is 32.1. The van der Waals surface area contributed by atoms with E-state index >= 15 is 0 Å². The Morgan fingerprint density at radius 1 is 1.62 bits per heavy atom. The zero-order valence-corrected chi connectivity index (χ0v) is 8.34. The van der Waals surface area contributed by atoms with Gasteiger partial charge < -0.3 is 14.6 Å². The molecule has 1 fully saturated rings. The molecule has 1 heterocycles. The predicted octanol–water partition coefficient (Wildman–Crippen LogP) is -0.537. The largest absolute Gasteiger partial charge is 0.441 e. The number of aliphatic hydroxyl groups is 1. The van der Waals surface area contributed by atoms with Gasteiger partial charge in [0.25, 0.3) is 5.17 Å². The van der Waals surface area contributed by atoms with Crippen LogP contribution < -0.4 is 5.43 Å². The lowest BCUT2D eigenvalue weighted by Crippen LogP contribution is -2.48. The number of rotatable bonds is 2. The Morgan fingerprint density at radius 3 is 2.77 bits per heavy atom. The first-order chi connectivity index (χ1) is 6.18. The van der Waals surface area contributed by atoms with Crippen LogP contribution in [0.15, 0.2) is 0 Å². The number of nitrogens with one attached hydrogen (secondary N) is 1. The molecule has 1 rings (SSSR count). The molecule has 0 aromatic carbocycles. The maximum absolute atomic E-state index is 8.86. The standard InChI is InChI=1S/C7H14N2O3S/c1-6(10)12-7(13)8-9-2-4-11-5-3-9/h6,10H,2-5H2,1H3,(H,8,13). The van der Waals surface area contributed by atoms with Crippen molar-refractivity contribution >= 4 is 17.4 Å². The zero-order valence-electron chi connectivity index (χ0n) is 7.52. The maximum atomic E-state index is 8.86. The molecule has 1 saturated heterocycles. The van der Waals surface area contributed by atoms with Gasteiger partial charge in [-0.25, -0.2) is 5.01 Å². The Balaban J connectivity index is 2.18. The minimum atomic E-state index is -0.874. The van der Waals surface area contributed by atoms with E-state index < -0.39 is 6.29 Å². The fourth-order valence-corrected chi connectivity index (χ4v) is 1.25. The molecule has 2 N–H and O–H groups in total. The third-order valence-corrected chi connectivity index (χ3v) is 1.73. The second-order valence-electron chi connectivity index (χ2n) is 2.72. The number of nitrogens with zero attached hydrogens (tertiary/aromatic N) is 1. The first-order valence-electron chi connectivity index (χ1n) is 4.16. The monoisotopic (exact) mass is 206 g/mol. The van der Waals surface area contributed by atoms with Crippen LogP contribution in [-0.2, 0) is 9.47 Å². The minimum absolute atomic E-state index is 0.192. The quantitative estimate of drug-likeness (QED) is 0.467. The van der Waals surface area contributed by atoms with Crippen molar-refractivity contribution in [2.75, 3.05) is 26.3 Å². The molecule has 1 atom stereocenters. The van der Waals surface area contributed by atoms with E-state index in [1.54, 1.807) is 0 Å². The van der Waals surface area contributed by atoms with Gasteiger partial charge in [0.2, 0.25) is 0 Å². The van der Waals surface area contributed by atoms with Crippen LogP contribution in [0, 0.1) is 0 Å². The Labute approximate surface area is 82.6 Å². The lowest BCUT2D eigenvalue weighted by Gasteiger charge is -2.27. The molecule has 1 aliphatic heterocycles. The molecule has 0 bridgehead atoms. The summed E-state index contributed by atoms with van der Waals surface area (Å²) in [6, 6.07) is 0. The molecule has 1 aliphatic rings. The summed E-state index contributed by atoms with van der Waals surface area (Å²) in [7, 11) is 0. The summed E-state index contributed by atoms with van der Waals surface area (Å²) in [6.45, 7) is 4.41. The van der Waals surface area contributed by atoms with E-state index in [0.29, 0.717) is 13.2 Å². The van der Waals surface area contributed by atoms with Crippen LogP contribution in [0.4, 0.5) is 0 Å². The number of hydrazine groups is 1. The van der Waals surface area contributed by atoms with Crippen LogP contribution >= 0.6 is 12.2 Å². The van der Waals surface area contributed by atoms with E-state index in [1.165, 1.54) is 6.92 Å². The Bertz CT molecular complexity index is 171. The van der Waals surface area contributed by atoms with Gasteiger partial charge in [0.15, 0.2) is 6.29 Å². The Morgan fingerprint density at radius 2 is 2.23 bits per heavy atom. The van der Waals surface area contributed by atoms with Crippen LogP contribution in [0.5, 0.6) is 0 Å². The second kappa shape index (κ2) is 5.33. The molecule has 0 saturated carbocycles. The van der Waals surface area contributed by atoms with Crippen molar-refractivity contribution in [1.82, 2.24) is 10.4 Å². The summed E-state index contributed by atoms with van der Waals surface area (Å²) in [5.74, 6) is 0. The molecule has 0 spiro atoms. The van der Waals surface area contributed by atoms with E-state index in [0.717, 1.165) is 13.1 Å². The van der Waals surface area contributed by atoms with Crippen molar-refractivity contribution in [3.8, 4) is 0 Å². The SMILES string of the molecule is CC(O)OC(=S)NN1CCOCC1. The number of thiocarbonyl (C=S) groups is 1. The highest BCUT2D eigenvalue weighted by Gasteiger charge is 2.12. The van der Waals surface area contributed by atoms with Crippen LogP contribution in [0.25, 0.3) is 0 Å². The third-order valence-electron chi connectivity index (χ3n) is 1.54. The highest BCUT2D eigenvalue weighted by molar-refractivity contribution is 7.80. The second-order valence-corrected chi connectivity index (χ2v) is 3.09. The number of aliphatic hydroxyl groups excluding tert-OH is 1. The number of ether oxygens (including phenoxy) is 2. The van der Waals surface area contributed by atoms with E-state index in [2.05, 4.69) is 5.43 Å². The Hall–Kier alpha value is -0.430. The predicted molar refractivity (Wildman–Crippen MR) is 50.9 cm³/mol. The van der Waals surface area contributed by atoms with Gasteiger partial charge in [0, 0.05) is 13.1 Å². The first-order valence-corrected chi connectivity index (χ1v) is 4.57. The van der Waals surface area contributed by atoms with E-state index in [4.69, 9.17) is 26.8 Å². The van der Waals surface area contributed by atoms with Crippen molar-refractivity contribution in [2.45, 2.75) is 13.2 Å². The van der Waals surface area contributed by atoms with Crippen molar-refractivity contribution in [2.24, 2.45) is 0 Å². The molecule has 76 valence electrons. The average Bonchev–Trinajstić information content (AvgIpc) is 2.04. The maximum Gasteiger partial charge on any atom is 0.273 e. The van der Waals surface area contributed by atoms with E-state index in [1.807, 2.05) is 5.01 Å². The summed E-state index contributed by atoms with van der Waals surface area (Å²) in [5.41, 5.74) is 2.85. The molecule has 0 aromatic heterocycles. The van der Waals surface area contributed by atoms with Crippen LogP contribution in [0.1, 0.15) is 6.92 Å². The Kier molecular flexibility index (Phi) is 4.37. The normalized spacial score (nSPS) is 20.8. The van der Waals surface area contributed by atoms with Gasteiger partial charge in [-0.1, -0.05) is 0 Å². The molecule has 13 heavy (non-hydrogen) atoms. The van der Waals surface area contributed by atoms with E-state index in [9.17, 15) is 0 Å². The molecule has 0 amide bonds. The van der Waals surface area contributed by atoms with Crippen molar-refractivity contribution in [3.05, 3.63) is 0 Å². The lowest BCUT2D eigenvalue weighted by molar-refractivity contribution is -0.0245. The van der Waals surface area contributed by atoms with Gasteiger partial charge in [-0.2, -0.15) is 0 Å². The molecule has 1 unspecified atom stereocenters. The van der Waals surface area contributed by atoms with Gasteiger partial charge in [0.1, 0.15) is 0 Å².